The first-order valence-corrected chi connectivity index (χ1v) is 10.7. The average Bonchev–Trinajstić information content (AvgIpc) is 3.10. The summed E-state index contributed by atoms with van der Waals surface area (Å²) in [6.45, 7) is 5.32. The van der Waals surface area contributed by atoms with Gasteiger partial charge in [0.1, 0.15) is 0 Å². The van der Waals surface area contributed by atoms with Gasteiger partial charge < -0.3 is 0 Å². The van der Waals surface area contributed by atoms with E-state index in [0.717, 1.165) is 42.1 Å². The Balaban J connectivity index is 1.58. The molecule has 3 aromatic rings. The predicted octanol–water partition coefficient (Wildman–Crippen LogP) is 4.85. The van der Waals surface area contributed by atoms with Crippen molar-refractivity contribution in [3.05, 3.63) is 71.5 Å². The summed E-state index contributed by atoms with van der Waals surface area (Å²) < 4.78 is 2.23. The van der Waals surface area contributed by atoms with Crippen LogP contribution in [0, 0.1) is 6.92 Å². The molecule has 1 fully saturated rings. The molecule has 2 heterocycles. The van der Waals surface area contributed by atoms with Crippen LogP contribution in [0.2, 0.25) is 0 Å². The molecule has 0 bridgehead atoms. The van der Waals surface area contributed by atoms with Gasteiger partial charge in [0.2, 0.25) is 0 Å². The Bertz CT molecular complexity index is 869. The highest BCUT2D eigenvalue weighted by atomic mass is 32.2. The summed E-state index contributed by atoms with van der Waals surface area (Å²) >= 11 is 1.76. The van der Waals surface area contributed by atoms with E-state index in [4.69, 9.17) is 0 Å². The van der Waals surface area contributed by atoms with Crippen molar-refractivity contribution in [3.8, 4) is 5.69 Å². The van der Waals surface area contributed by atoms with Crippen LogP contribution in [-0.2, 0) is 12.3 Å². The Hall–Kier alpha value is -2.11. The number of likely N-dealkylation sites (tertiary alicyclic amines) is 1. The van der Waals surface area contributed by atoms with Crippen LogP contribution in [0.3, 0.4) is 0 Å². The van der Waals surface area contributed by atoms with Crippen molar-refractivity contribution in [2.24, 2.45) is 0 Å². The second-order valence-corrected chi connectivity index (χ2v) is 8.13. The number of hydrogen-bond acceptors (Lipinski definition) is 4. The molecule has 0 N–H and O–H groups in total. The van der Waals surface area contributed by atoms with E-state index in [2.05, 4.69) is 81.2 Å². The zero-order valence-corrected chi connectivity index (χ0v) is 16.7. The van der Waals surface area contributed by atoms with Gasteiger partial charge in [-0.2, -0.15) is 0 Å². The van der Waals surface area contributed by atoms with E-state index in [0.29, 0.717) is 0 Å². The lowest BCUT2D eigenvalue weighted by Crippen LogP contribution is -2.30. The molecular formula is C22H26N4S. The molecule has 5 heteroatoms. The molecule has 1 aromatic heterocycles. The van der Waals surface area contributed by atoms with Gasteiger partial charge in [0.05, 0.1) is 6.54 Å². The first kappa shape index (κ1) is 18.3. The molecule has 2 aromatic carbocycles. The molecule has 0 aliphatic carbocycles. The smallest absolute Gasteiger partial charge is 0.196 e. The van der Waals surface area contributed by atoms with Crippen molar-refractivity contribution in [3.63, 3.8) is 0 Å². The number of nitrogens with zero attached hydrogens (tertiary/aromatic N) is 4. The number of hydrogen-bond donors (Lipinski definition) is 0. The number of piperidine rings is 1. The van der Waals surface area contributed by atoms with Gasteiger partial charge in [0.25, 0.3) is 0 Å². The van der Waals surface area contributed by atoms with Crippen molar-refractivity contribution in [2.45, 2.75) is 43.6 Å². The summed E-state index contributed by atoms with van der Waals surface area (Å²) in [4.78, 5) is 2.50. The van der Waals surface area contributed by atoms with Gasteiger partial charge in [0, 0.05) is 11.4 Å². The van der Waals surface area contributed by atoms with Crippen LogP contribution in [0.15, 0.2) is 59.8 Å². The molecule has 4 rings (SSSR count). The minimum absolute atomic E-state index is 0.868. The Labute approximate surface area is 165 Å². The fraction of sp³-hybridized carbons (Fsp3) is 0.364. The van der Waals surface area contributed by atoms with Crippen LogP contribution in [0.5, 0.6) is 0 Å². The summed E-state index contributed by atoms with van der Waals surface area (Å²) in [6.07, 6.45) is 3.92. The predicted molar refractivity (Wildman–Crippen MR) is 111 cm³/mol. The Morgan fingerprint density at radius 2 is 1.74 bits per heavy atom. The van der Waals surface area contributed by atoms with E-state index in [9.17, 15) is 0 Å². The standard InChI is InChI=1S/C22H26N4S/c1-18-9-8-10-19(15-18)17-27-22-24-23-21(16-25-13-6-3-7-14-25)26(22)20-11-4-2-5-12-20/h2,4-5,8-12,15H,3,6-7,13-14,16-17H2,1H3. The van der Waals surface area contributed by atoms with E-state index >= 15 is 0 Å². The van der Waals surface area contributed by atoms with Crippen LogP contribution < -0.4 is 0 Å². The molecule has 140 valence electrons. The second kappa shape index (κ2) is 8.72. The molecule has 4 nitrogen and oxygen atoms in total. The molecule has 1 aliphatic rings. The molecule has 0 saturated carbocycles. The van der Waals surface area contributed by atoms with Crippen LogP contribution in [0.1, 0.15) is 36.2 Å². The van der Waals surface area contributed by atoms with Crippen molar-refractivity contribution in [1.82, 2.24) is 19.7 Å². The minimum atomic E-state index is 0.868. The lowest BCUT2D eigenvalue weighted by molar-refractivity contribution is 0.214. The molecule has 0 radical (unpaired) electrons. The van der Waals surface area contributed by atoms with E-state index in [-0.39, 0.29) is 0 Å². The first-order valence-electron chi connectivity index (χ1n) is 9.70. The quantitative estimate of drug-likeness (QED) is 0.574. The molecule has 1 saturated heterocycles. The van der Waals surface area contributed by atoms with Crippen molar-refractivity contribution < 1.29 is 0 Å². The number of rotatable bonds is 6. The van der Waals surface area contributed by atoms with Gasteiger partial charge in [-0.25, -0.2) is 0 Å². The van der Waals surface area contributed by atoms with Crippen LogP contribution in [0.4, 0.5) is 0 Å². The zero-order valence-electron chi connectivity index (χ0n) is 15.8. The Kier molecular flexibility index (Phi) is 5.90. The van der Waals surface area contributed by atoms with E-state index in [1.54, 1.807) is 11.8 Å². The van der Waals surface area contributed by atoms with Gasteiger partial charge >= 0.3 is 0 Å². The molecule has 27 heavy (non-hydrogen) atoms. The maximum Gasteiger partial charge on any atom is 0.196 e. The normalized spacial score (nSPS) is 15.1. The summed E-state index contributed by atoms with van der Waals surface area (Å²) in [5.41, 5.74) is 3.75. The largest absolute Gasteiger partial charge is 0.296 e. The third kappa shape index (κ3) is 4.60. The third-order valence-electron chi connectivity index (χ3n) is 4.98. The first-order chi connectivity index (χ1) is 13.3. The van der Waals surface area contributed by atoms with Crippen molar-refractivity contribution in [2.75, 3.05) is 13.1 Å². The Morgan fingerprint density at radius 3 is 2.52 bits per heavy atom. The van der Waals surface area contributed by atoms with E-state index in [1.165, 1.54) is 30.4 Å². The molecule has 1 aliphatic heterocycles. The summed E-state index contributed by atoms with van der Waals surface area (Å²) in [6, 6.07) is 19.2. The molecule has 0 unspecified atom stereocenters. The summed E-state index contributed by atoms with van der Waals surface area (Å²) in [7, 11) is 0. The number of para-hydroxylation sites is 1. The fourth-order valence-electron chi connectivity index (χ4n) is 3.60. The van der Waals surface area contributed by atoms with Crippen LogP contribution >= 0.6 is 11.8 Å². The number of aromatic nitrogens is 3. The average molecular weight is 379 g/mol. The third-order valence-corrected chi connectivity index (χ3v) is 5.98. The minimum Gasteiger partial charge on any atom is -0.296 e. The van der Waals surface area contributed by atoms with Gasteiger partial charge in [-0.05, 0) is 50.6 Å². The Morgan fingerprint density at radius 1 is 0.926 bits per heavy atom. The zero-order chi connectivity index (χ0) is 18.5. The molecule has 0 amide bonds. The monoisotopic (exact) mass is 378 g/mol. The van der Waals surface area contributed by atoms with E-state index < -0.39 is 0 Å². The molecule has 0 spiro atoms. The highest BCUT2D eigenvalue weighted by Gasteiger charge is 2.18. The van der Waals surface area contributed by atoms with Crippen molar-refractivity contribution >= 4 is 11.8 Å². The SMILES string of the molecule is Cc1cccc(CSc2nnc(CN3CCCCC3)n2-c2ccccc2)c1. The van der Waals surface area contributed by atoms with Gasteiger partial charge in [-0.3, -0.25) is 9.47 Å². The van der Waals surface area contributed by atoms with Gasteiger partial charge in [-0.1, -0.05) is 66.2 Å². The maximum atomic E-state index is 4.57. The van der Waals surface area contributed by atoms with Crippen molar-refractivity contribution in [1.29, 1.82) is 0 Å². The highest BCUT2D eigenvalue weighted by Crippen LogP contribution is 2.26. The second-order valence-electron chi connectivity index (χ2n) is 7.18. The summed E-state index contributed by atoms with van der Waals surface area (Å²) in [5, 5.41) is 10.1. The van der Waals surface area contributed by atoms with Gasteiger partial charge in [-0.15, -0.1) is 10.2 Å². The lowest BCUT2D eigenvalue weighted by atomic mass is 10.1. The van der Waals surface area contributed by atoms with Crippen LogP contribution in [0.25, 0.3) is 5.69 Å². The fourth-order valence-corrected chi connectivity index (χ4v) is 4.51. The molecule has 0 atom stereocenters. The highest BCUT2D eigenvalue weighted by molar-refractivity contribution is 7.98. The number of benzene rings is 2. The van der Waals surface area contributed by atoms with Gasteiger partial charge in [0.15, 0.2) is 11.0 Å². The maximum absolute atomic E-state index is 4.57. The van der Waals surface area contributed by atoms with E-state index in [1.807, 2.05) is 0 Å². The topological polar surface area (TPSA) is 34.0 Å². The lowest BCUT2D eigenvalue weighted by Gasteiger charge is -2.26. The number of thioether (sulfide) groups is 1. The summed E-state index contributed by atoms with van der Waals surface area (Å²) in [5.74, 6) is 1.94. The number of aryl methyl sites for hydroxylation is 1. The molecular weight excluding hydrogens is 352 g/mol. The van der Waals surface area contributed by atoms with Crippen LogP contribution in [-0.4, -0.2) is 32.8 Å².